The quantitative estimate of drug-likeness (QED) is 0.394. The summed E-state index contributed by atoms with van der Waals surface area (Å²) in [6.45, 7) is 1.80. The molecule has 0 atom stereocenters. The van der Waals surface area contributed by atoms with Gasteiger partial charge in [0.2, 0.25) is 0 Å². The van der Waals surface area contributed by atoms with E-state index in [2.05, 4.69) is 15.2 Å². The molecule has 28 valence electrons. The fourth-order valence-electron chi connectivity index (χ4n) is 0.144. The maximum Gasteiger partial charge on any atom is 0.493 e. The molecule has 4 heteroatoms. The zero-order chi connectivity index (χ0) is 3.70. The average Bonchev–Trinajstić information content (AvgIpc) is 1.30. The molecule has 1 heterocycles. The highest BCUT2D eigenvalue weighted by Crippen LogP contribution is 1.89. The summed E-state index contributed by atoms with van der Waals surface area (Å²) in [6.07, 6.45) is 0. The molecule has 1 N–H and O–H groups in total. The third kappa shape index (κ3) is 0.422. The maximum absolute atomic E-state index is 4.46. The molecular weight excluding hydrogens is 68.8 g/mol. The van der Waals surface area contributed by atoms with Crippen LogP contribution in [0.4, 0.5) is 0 Å². The summed E-state index contributed by atoms with van der Waals surface area (Å²) in [6, 6.07) is 0. The van der Waals surface area contributed by atoms with Crippen LogP contribution in [0, 0.1) is 0 Å². The molecule has 1 fully saturated rings. The normalized spacial score (nSPS) is 22.2. The summed E-state index contributed by atoms with van der Waals surface area (Å²) in [5, 5.41) is 0. The minimum Gasteiger partial charge on any atom is -0.304 e. The van der Waals surface area contributed by atoms with Crippen molar-refractivity contribution in [1.82, 2.24) is 5.64 Å². The largest absolute Gasteiger partial charge is 0.493 e. The molecule has 0 aromatic rings. The molecular formula is CH4BNO2. The summed E-state index contributed by atoms with van der Waals surface area (Å²) in [5.41, 5.74) is 2.16. The van der Waals surface area contributed by atoms with Crippen LogP contribution in [-0.4, -0.2) is 7.12 Å². The summed E-state index contributed by atoms with van der Waals surface area (Å²) in [4.78, 5) is 0. The first-order valence-corrected chi connectivity index (χ1v) is 1.46. The predicted molar refractivity (Wildman–Crippen MR) is 16.9 cm³/mol. The van der Waals surface area contributed by atoms with Gasteiger partial charge in [0.05, 0.1) is 0 Å². The molecule has 0 aromatic heterocycles. The second-order valence-electron chi connectivity index (χ2n) is 0.887. The van der Waals surface area contributed by atoms with Crippen LogP contribution in [-0.2, 0) is 9.51 Å². The molecule has 0 aliphatic carbocycles. The second-order valence-corrected chi connectivity index (χ2v) is 0.887. The Morgan fingerprint density at radius 1 is 1.60 bits per heavy atom. The molecule has 1 saturated heterocycles. The zero-order valence-electron chi connectivity index (χ0n) is 2.89. The summed E-state index contributed by atoms with van der Waals surface area (Å²) >= 11 is 0. The van der Waals surface area contributed by atoms with E-state index in [1.54, 1.807) is 6.82 Å². The van der Waals surface area contributed by atoms with Crippen molar-refractivity contribution in [2.24, 2.45) is 0 Å². The Bertz CT molecular complexity index is 36.6. The Hall–Kier alpha value is -0.0551. The third-order valence-electron chi connectivity index (χ3n) is 0.428. The minimum atomic E-state index is -0.0463. The van der Waals surface area contributed by atoms with Crippen molar-refractivity contribution >= 4 is 7.12 Å². The van der Waals surface area contributed by atoms with Crippen molar-refractivity contribution in [1.29, 1.82) is 0 Å². The molecule has 1 rings (SSSR count). The van der Waals surface area contributed by atoms with Crippen LogP contribution in [0.25, 0.3) is 0 Å². The van der Waals surface area contributed by atoms with Crippen LogP contribution >= 0.6 is 0 Å². The van der Waals surface area contributed by atoms with E-state index in [1.165, 1.54) is 0 Å². The first kappa shape index (κ1) is 3.15. The van der Waals surface area contributed by atoms with Crippen LogP contribution in [0.1, 0.15) is 0 Å². The lowest BCUT2D eigenvalue weighted by Crippen LogP contribution is -2.43. The van der Waals surface area contributed by atoms with Crippen LogP contribution in [0.5, 0.6) is 0 Å². The van der Waals surface area contributed by atoms with Crippen LogP contribution < -0.4 is 5.64 Å². The van der Waals surface area contributed by atoms with Crippen LogP contribution in [0.3, 0.4) is 0 Å². The smallest absolute Gasteiger partial charge is 0.304 e. The lowest BCUT2D eigenvalue weighted by molar-refractivity contribution is -0.139. The van der Waals surface area contributed by atoms with Crippen molar-refractivity contribution in [2.45, 2.75) is 6.82 Å². The number of nitrogens with one attached hydrogen (secondary N) is 1. The topological polar surface area (TPSA) is 30.5 Å². The average molecular weight is 72.9 g/mol. The van der Waals surface area contributed by atoms with Crippen LogP contribution in [0.2, 0.25) is 6.82 Å². The molecule has 0 bridgehead atoms. The van der Waals surface area contributed by atoms with Gasteiger partial charge < -0.3 is 9.51 Å². The highest BCUT2D eigenvalue weighted by atomic mass is 17.0. The first-order valence-electron chi connectivity index (χ1n) is 1.46. The number of rotatable bonds is 0. The maximum atomic E-state index is 4.46. The van der Waals surface area contributed by atoms with Gasteiger partial charge in [0.1, 0.15) is 0 Å². The zero-order valence-corrected chi connectivity index (χ0v) is 2.89. The lowest BCUT2D eigenvalue weighted by atomic mass is 9.96. The van der Waals surface area contributed by atoms with E-state index >= 15 is 0 Å². The van der Waals surface area contributed by atoms with Gasteiger partial charge in [0, 0.05) is 0 Å². The molecule has 1 aliphatic heterocycles. The lowest BCUT2D eigenvalue weighted by Gasteiger charge is -2.18. The van der Waals surface area contributed by atoms with Gasteiger partial charge in [-0.15, -0.1) is 5.64 Å². The minimum absolute atomic E-state index is 0.0463. The van der Waals surface area contributed by atoms with E-state index in [9.17, 15) is 0 Å². The van der Waals surface area contributed by atoms with Gasteiger partial charge in [-0.1, -0.05) is 0 Å². The molecule has 0 amide bonds. The predicted octanol–water partition coefficient (Wildman–Crippen LogP) is -0.429. The monoisotopic (exact) mass is 73.0 g/mol. The molecule has 0 unspecified atom stereocenters. The number of hydrogen-bond acceptors (Lipinski definition) is 3. The van der Waals surface area contributed by atoms with Gasteiger partial charge in [-0.2, -0.15) is 0 Å². The highest BCUT2D eigenvalue weighted by molar-refractivity contribution is 6.43. The van der Waals surface area contributed by atoms with E-state index < -0.39 is 0 Å². The molecule has 0 spiro atoms. The van der Waals surface area contributed by atoms with E-state index in [4.69, 9.17) is 0 Å². The highest BCUT2D eigenvalue weighted by Gasteiger charge is 2.19. The summed E-state index contributed by atoms with van der Waals surface area (Å²) in [5.74, 6) is 0. The van der Waals surface area contributed by atoms with Gasteiger partial charge in [-0.25, -0.2) is 0 Å². The summed E-state index contributed by atoms with van der Waals surface area (Å²) < 4.78 is 8.92. The van der Waals surface area contributed by atoms with Gasteiger partial charge >= 0.3 is 7.12 Å². The van der Waals surface area contributed by atoms with Crippen molar-refractivity contribution in [3.05, 3.63) is 0 Å². The second kappa shape index (κ2) is 0.968. The first-order chi connectivity index (χ1) is 2.39. The van der Waals surface area contributed by atoms with Crippen molar-refractivity contribution in [3.63, 3.8) is 0 Å². The molecule has 5 heavy (non-hydrogen) atoms. The Labute approximate surface area is 30.3 Å². The van der Waals surface area contributed by atoms with Gasteiger partial charge in [-0.3, -0.25) is 0 Å². The van der Waals surface area contributed by atoms with Gasteiger partial charge in [0.25, 0.3) is 0 Å². The molecule has 0 aromatic carbocycles. The van der Waals surface area contributed by atoms with Crippen molar-refractivity contribution in [3.8, 4) is 0 Å². The van der Waals surface area contributed by atoms with Gasteiger partial charge in [0.15, 0.2) is 0 Å². The van der Waals surface area contributed by atoms with Crippen LogP contribution in [0.15, 0.2) is 0 Å². The SMILES string of the molecule is CB1ONO1. The van der Waals surface area contributed by atoms with Crippen molar-refractivity contribution in [2.75, 3.05) is 0 Å². The van der Waals surface area contributed by atoms with Gasteiger partial charge in [-0.05, 0) is 6.82 Å². The Morgan fingerprint density at radius 3 is 2.00 bits per heavy atom. The molecule has 3 nitrogen and oxygen atoms in total. The van der Waals surface area contributed by atoms with Crippen molar-refractivity contribution < 1.29 is 9.51 Å². The molecule has 1 aliphatic rings. The third-order valence-corrected chi connectivity index (χ3v) is 0.428. The van der Waals surface area contributed by atoms with E-state index in [1.807, 2.05) is 0 Å². The fourth-order valence-corrected chi connectivity index (χ4v) is 0.144. The van der Waals surface area contributed by atoms with E-state index in [-0.39, 0.29) is 7.12 Å². The summed E-state index contributed by atoms with van der Waals surface area (Å²) in [7, 11) is -0.0463. The van der Waals surface area contributed by atoms with E-state index in [0.717, 1.165) is 0 Å². The Morgan fingerprint density at radius 2 is 2.00 bits per heavy atom. The van der Waals surface area contributed by atoms with E-state index in [0.29, 0.717) is 0 Å². The molecule has 0 saturated carbocycles. The number of hydrogen-bond donors (Lipinski definition) is 1. The Kier molecular flexibility index (Phi) is 0.609. The Balaban J connectivity index is 2.08. The standard InChI is InChI=1S/CH4BNO2/c1-2-4-3-5-2/h3H,1H3. The fraction of sp³-hybridized carbons (Fsp3) is 1.00. The molecule has 0 radical (unpaired) electrons.